The molecule has 24 heavy (non-hydrogen) atoms. The normalized spacial score (nSPS) is 10.5. The van der Waals surface area contributed by atoms with Crippen molar-refractivity contribution >= 4 is 29.0 Å². The number of hydrogen-bond donors (Lipinski definition) is 2. The fourth-order valence-corrected chi connectivity index (χ4v) is 2.68. The highest BCUT2D eigenvalue weighted by Gasteiger charge is 2.14. The predicted octanol–water partition coefficient (Wildman–Crippen LogP) is 3.37. The lowest BCUT2D eigenvalue weighted by Gasteiger charge is -2.12. The van der Waals surface area contributed by atoms with Crippen LogP contribution in [0.4, 0.5) is 11.5 Å². The average molecular weight is 349 g/mol. The number of amides is 1. The lowest BCUT2D eigenvalue weighted by Crippen LogP contribution is -2.17. The number of nitrogens with one attached hydrogen (secondary N) is 2. The first kappa shape index (κ1) is 18.2. The Kier molecular flexibility index (Phi) is 6.11. The summed E-state index contributed by atoms with van der Waals surface area (Å²) < 4.78 is 4.99. The Hall–Kier alpha value is -2.18. The van der Waals surface area contributed by atoms with E-state index < -0.39 is 0 Å². The van der Waals surface area contributed by atoms with Crippen molar-refractivity contribution in [1.29, 1.82) is 0 Å². The molecule has 6 nitrogen and oxygen atoms in total. The molecule has 0 aliphatic heterocycles. The zero-order valence-corrected chi connectivity index (χ0v) is 15.0. The van der Waals surface area contributed by atoms with Gasteiger partial charge in [-0.25, -0.2) is 9.97 Å². The van der Waals surface area contributed by atoms with Gasteiger partial charge in [-0.3, -0.25) is 4.79 Å². The van der Waals surface area contributed by atoms with E-state index in [-0.39, 0.29) is 11.6 Å². The average Bonchev–Trinajstić information content (AvgIpc) is 2.50. The summed E-state index contributed by atoms with van der Waals surface area (Å²) in [5.74, 6) is 0.759. The van der Waals surface area contributed by atoms with Gasteiger partial charge >= 0.3 is 0 Å². The van der Waals surface area contributed by atoms with Crippen LogP contribution in [0.2, 0.25) is 5.02 Å². The van der Waals surface area contributed by atoms with E-state index in [4.69, 9.17) is 16.3 Å². The summed E-state index contributed by atoms with van der Waals surface area (Å²) in [5.41, 5.74) is 2.81. The van der Waals surface area contributed by atoms with Crippen molar-refractivity contribution < 1.29 is 9.53 Å². The Morgan fingerprint density at radius 3 is 2.62 bits per heavy atom. The van der Waals surface area contributed by atoms with Gasteiger partial charge < -0.3 is 15.4 Å². The molecule has 0 aliphatic carbocycles. The molecule has 0 spiro atoms. The fraction of sp³-hybridized carbons (Fsp3) is 0.353. The van der Waals surface area contributed by atoms with Gasteiger partial charge in [0.15, 0.2) is 0 Å². The van der Waals surface area contributed by atoms with Gasteiger partial charge in [-0.15, -0.1) is 0 Å². The van der Waals surface area contributed by atoms with Gasteiger partial charge in [-0.1, -0.05) is 17.7 Å². The van der Waals surface area contributed by atoms with Crippen molar-refractivity contribution in [2.45, 2.75) is 20.8 Å². The fourth-order valence-electron chi connectivity index (χ4n) is 2.31. The summed E-state index contributed by atoms with van der Waals surface area (Å²) in [5, 5.41) is 6.43. The lowest BCUT2D eigenvalue weighted by molar-refractivity contribution is 0.102. The molecule has 0 atom stereocenters. The molecule has 0 fully saturated rings. The molecule has 0 unspecified atom stereocenters. The number of rotatable bonds is 6. The number of ether oxygens (including phenoxy) is 1. The van der Waals surface area contributed by atoms with Crippen LogP contribution in [0.15, 0.2) is 18.2 Å². The molecule has 7 heteroatoms. The van der Waals surface area contributed by atoms with Crippen LogP contribution >= 0.6 is 11.6 Å². The van der Waals surface area contributed by atoms with Gasteiger partial charge in [0, 0.05) is 19.7 Å². The summed E-state index contributed by atoms with van der Waals surface area (Å²) in [4.78, 5) is 21.0. The van der Waals surface area contributed by atoms with Gasteiger partial charge in [0.25, 0.3) is 5.91 Å². The van der Waals surface area contributed by atoms with Crippen LogP contribution in [0.3, 0.4) is 0 Å². The smallest absolute Gasteiger partial charge is 0.274 e. The van der Waals surface area contributed by atoms with Crippen LogP contribution in [0, 0.1) is 20.8 Å². The zero-order chi connectivity index (χ0) is 17.7. The Balaban J connectivity index is 2.21. The second-order valence-corrected chi connectivity index (χ2v) is 5.91. The van der Waals surface area contributed by atoms with E-state index >= 15 is 0 Å². The summed E-state index contributed by atoms with van der Waals surface area (Å²) in [7, 11) is 1.62. The first-order chi connectivity index (χ1) is 11.4. The van der Waals surface area contributed by atoms with Crippen molar-refractivity contribution in [1.82, 2.24) is 9.97 Å². The summed E-state index contributed by atoms with van der Waals surface area (Å²) in [6, 6.07) is 5.38. The van der Waals surface area contributed by atoms with Crippen LogP contribution in [0.25, 0.3) is 0 Å². The molecule has 1 amide bonds. The molecule has 0 saturated heterocycles. The van der Waals surface area contributed by atoms with Gasteiger partial charge in [-0.05, 0) is 38.0 Å². The standard InChI is InChI=1S/C17H21ClN4O2/c1-10-7-11(2)16(13(18)8-10)22-17(23)14-9-15(19-5-6-24-4)21-12(3)20-14/h7-9H,5-6H2,1-4H3,(H,22,23)(H,19,20,21). The Morgan fingerprint density at radius 2 is 1.96 bits per heavy atom. The van der Waals surface area contributed by atoms with Crippen LogP contribution in [0.1, 0.15) is 27.4 Å². The number of halogens is 1. The van der Waals surface area contributed by atoms with Crippen molar-refractivity contribution in [3.05, 3.63) is 45.9 Å². The maximum atomic E-state index is 12.5. The molecule has 1 aromatic carbocycles. The van der Waals surface area contributed by atoms with E-state index in [1.807, 2.05) is 26.0 Å². The van der Waals surface area contributed by atoms with E-state index in [1.54, 1.807) is 20.1 Å². The first-order valence-electron chi connectivity index (χ1n) is 7.57. The van der Waals surface area contributed by atoms with Crippen molar-refractivity contribution in [2.75, 3.05) is 30.9 Å². The molecule has 128 valence electrons. The lowest BCUT2D eigenvalue weighted by atomic mass is 10.1. The minimum absolute atomic E-state index is 0.276. The zero-order valence-electron chi connectivity index (χ0n) is 14.2. The maximum absolute atomic E-state index is 12.5. The molecule has 1 aromatic heterocycles. The van der Waals surface area contributed by atoms with Gasteiger partial charge in [0.1, 0.15) is 17.3 Å². The monoisotopic (exact) mass is 348 g/mol. The minimum atomic E-state index is -0.329. The molecule has 1 heterocycles. The number of aromatic nitrogens is 2. The molecular formula is C17H21ClN4O2. The van der Waals surface area contributed by atoms with E-state index in [1.165, 1.54) is 0 Å². The van der Waals surface area contributed by atoms with Crippen LogP contribution < -0.4 is 10.6 Å². The number of aryl methyl sites for hydroxylation is 3. The van der Waals surface area contributed by atoms with Crippen molar-refractivity contribution in [3.8, 4) is 0 Å². The summed E-state index contributed by atoms with van der Waals surface area (Å²) in [6.45, 7) is 6.73. The van der Waals surface area contributed by atoms with Crippen LogP contribution in [-0.2, 0) is 4.74 Å². The number of methoxy groups -OCH3 is 1. The molecule has 0 bridgehead atoms. The highest BCUT2D eigenvalue weighted by atomic mass is 35.5. The molecule has 2 N–H and O–H groups in total. The van der Waals surface area contributed by atoms with Crippen molar-refractivity contribution in [2.24, 2.45) is 0 Å². The number of benzene rings is 1. The number of carbonyl (C=O) groups is 1. The third-order valence-electron chi connectivity index (χ3n) is 3.35. The Labute approximate surface area is 146 Å². The molecule has 0 saturated carbocycles. The van der Waals surface area contributed by atoms with E-state index in [2.05, 4.69) is 20.6 Å². The third-order valence-corrected chi connectivity index (χ3v) is 3.65. The van der Waals surface area contributed by atoms with Crippen LogP contribution in [-0.4, -0.2) is 36.1 Å². The van der Waals surface area contributed by atoms with E-state index in [9.17, 15) is 4.79 Å². The molecule has 0 radical (unpaired) electrons. The topological polar surface area (TPSA) is 76.1 Å². The molecular weight excluding hydrogens is 328 g/mol. The number of anilines is 2. The molecule has 0 aliphatic rings. The number of carbonyl (C=O) groups excluding carboxylic acids is 1. The molecule has 2 rings (SSSR count). The van der Waals surface area contributed by atoms with E-state index in [0.717, 1.165) is 11.1 Å². The largest absolute Gasteiger partial charge is 0.383 e. The summed E-state index contributed by atoms with van der Waals surface area (Å²) in [6.07, 6.45) is 0. The second-order valence-electron chi connectivity index (χ2n) is 5.50. The van der Waals surface area contributed by atoms with Gasteiger partial charge in [-0.2, -0.15) is 0 Å². The summed E-state index contributed by atoms with van der Waals surface area (Å²) >= 11 is 6.24. The molecule has 2 aromatic rings. The third kappa shape index (κ3) is 4.66. The van der Waals surface area contributed by atoms with Gasteiger partial charge in [0.2, 0.25) is 0 Å². The maximum Gasteiger partial charge on any atom is 0.274 e. The quantitative estimate of drug-likeness (QED) is 0.783. The van der Waals surface area contributed by atoms with E-state index in [0.29, 0.717) is 35.5 Å². The van der Waals surface area contributed by atoms with Crippen LogP contribution in [0.5, 0.6) is 0 Å². The Bertz CT molecular complexity index is 726. The minimum Gasteiger partial charge on any atom is -0.383 e. The number of hydrogen-bond acceptors (Lipinski definition) is 5. The number of nitrogens with zero attached hydrogens (tertiary/aromatic N) is 2. The Morgan fingerprint density at radius 1 is 1.21 bits per heavy atom. The SMILES string of the molecule is COCCNc1cc(C(=O)Nc2c(C)cc(C)cc2Cl)nc(C)n1. The second kappa shape index (κ2) is 8.08. The highest BCUT2D eigenvalue weighted by molar-refractivity contribution is 6.34. The predicted molar refractivity (Wildman–Crippen MR) is 96.0 cm³/mol. The first-order valence-corrected chi connectivity index (χ1v) is 7.95. The highest BCUT2D eigenvalue weighted by Crippen LogP contribution is 2.27. The van der Waals surface area contributed by atoms with Gasteiger partial charge in [0.05, 0.1) is 17.3 Å². The van der Waals surface area contributed by atoms with Crippen molar-refractivity contribution in [3.63, 3.8) is 0 Å².